The molecule has 12 heavy (non-hydrogen) atoms. The summed E-state index contributed by atoms with van der Waals surface area (Å²) in [6.45, 7) is 8.64. The molecule has 3 nitrogen and oxygen atoms in total. The minimum absolute atomic E-state index is 0.346. The molecule has 0 heterocycles. The zero-order valence-corrected chi connectivity index (χ0v) is 8.47. The molecule has 0 fully saturated rings. The van der Waals surface area contributed by atoms with E-state index in [4.69, 9.17) is 4.74 Å². The zero-order valence-electron chi connectivity index (χ0n) is 8.47. The van der Waals surface area contributed by atoms with Crippen LogP contribution in [0.15, 0.2) is 0 Å². The molecule has 0 unspecified atom stereocenters. The minimum Gasteiger partial charge on any atom is -0.465 e. The van der Waals surface area contributed by atoms with E-state index in [-0.39, 0.29) is 5.97 Å². The van der Waals surface area contributed by atoms with Gasteiger partial charge in [0.25, 0.3) is 0 Å². The third-order valence-electron chi connectivity index (χ3n) is 2.32. The van der Waals surface area contributed by atoms with Crippen LogP contribution in [0.3, 0.4) is 0 Å². The first-order valence-electron chi connectivity index (χ1n) is 4.13. The summed E-state index contributed by atoms with van der Waals surface area (Å²) < 4.78 is 4.83. The second-order valence-electron chi connectivity index (χ2n) is 3.90. The van der Waals surface area contributed by atoms with E-state index in [0.29, 0.717) is 6.61 Å². The number of rotatable bonds is 3. The molecule has 0 aliphatic rings. The van der Waals surface area contributed by atoms with Crippen molar-refractivity contribution in [1.29, 1.82) is 0 Å². The molecule has 0 aromatic carbocycles. The van der Waals surface area contributed by atoms with E-state index in [2.05, 4.69) is 0 Å². The first-order chi connectivity index (χ1) is 5.23. The van der Waals surface area contributed by atoms with E-state index >= 15 is 0 Å². The number of carbonyl (C=O) groups is 1. The lowest BCUT2D eigenvalue weighted by Gasteiger charge is -2.34. The van der Waals surface area contributed by atoms with Gasteiger partial charge in [-0.25, -0.2) is 0 Å². The summed E-state index contributed by atoms with van der Waals surface area (Å²) in [5, 5.41) is 9.64. The Morgan fingerprint density at radius 3 is 2.00 bits per heavy atom. The van der Waals surface area contributed by atoms with E-state index in [9.17, 15) is 9.90 Å². The van der Waals surface area contributed by atoms with Gasteiger partial charge in [0.05, 0.1) is 17.6 Å². The third-order valence-corrected chi connectivity index (χ3v) is 2.32. The number of carbonyl (C=O) groups excluding carboxylic acids is 1. The molecule has 0 spiro atoms. The van der Waals surface area contributed by atoms with Crippen molar-refractivity contribution in [3.8, 4) is 0 Å². The van der Waals surface area contributed by atoms with Crippen molar-refractivity contribution in [1.82, 2.24) is 0 Å². The van der Waals surface area contributed by atoms with E-state index in [0.717, 1.165) is 0 Å². The number of esters is 1. The highest BCUT2D eigenvalue weighted by atomic mass is 16.5. The summed E-state index contributed by atoms with van der Waals surface area (Å²) in [5.41, 5.74) is -1.91. The third kappa shape index (κ3) is 2.21. The Hall–Kier alpha value is -0.570. The molecule has 0 aromatic heterocycles. The molecule has 72 valence electrons. The van der Waals surface area contributed by atoms with Crippen LogP contribution in [0, 0.1) is 5.41 Å². The Kier molecular flexibility index (Phi) is 3.27. The average molecular weight is 174 g/mol. The van der Waals surface area contributed by atoms with Crippen LogP contribution in [0.1, 0.15) is 34.6 Å². The maximum Gasteiger partial charge on any atom is 0.314 e. The lowest BCUT2D eigenvalue weighted by Crippen LogP contribution is -2.45. The Balaban J connectivity index is 4.50. The second-order valence-corrected chi connectivity index (χ2v) is 3.90. The van der Waals surface area contributed by atoms with Crippen molar-refractivity contribution < 1.29 is 14.6 Å². The minimum atomic E-state index is -1.06. The molecule has 3 heteroatoms. The van der Waals surface area contributed by atoms with Gasteiger partial charge in [-0.15, -0.1) is 0 Å². The smallest absolute Gasteiger partial charge is 0.314 e. The van der Waals surface area contributed by atoms with E-state index < -0.39 is 11.0 Å². The van der Waals surface area contributed by atoms with Crippen LogP contribution in [0.25, 0.3) is 0 Å². The second kappa shape index (κ2) is 3.44. The van der Waals surface area contributed by atoms with Crippen LogP contribution in [0.5, 0.6) is 0 Å². The number of aliphatic hydroxyl groups is 1. The molecule has 0 aromatic rings. The quantitative estimate of drug-likeness (QED) is 0.657. The number of ether oxygens (including phenoxy) is 1. The molecule has 0 radical (unpaired) electrons. The molecule has 0 aliphatic carbocycles. The van der Waals surface area contributed by atoms with Gasteiger partial charge < -0.3 is 9.84 Å². The Labute approximate surface area is 73.7 Å². The van der Waals surface area contributed by atoms with Gasteiger partial charge in [-0.3, -0.25) is 4.79 Å². The fourth-order valence-electron chi connectivity index (χ4n) is 0.561. The van der Waals surface area contributed by atoms with Crippen molar-refractivity contribution >= 4 is 5.97 Å². The van der Waals surface area contributed by atoms with Crippen LogP contribution in [0.4, 0.5) is 0 Å². The molecule has 0 saturated heterocycles. The highest BCUT2D eigenvalue weighted by molar-refractivity contribution is 5.77. The molecule has 0 aliphatic heterocycles. The topological polar surface area (TPSA) is 46.5 Å². The van der Waals surface area contributed by atoms with Crippen molar-refractivity contribution in [3.05, 3.63) is 0 Å². The Bertz CT molecular complexity index is 165. The predicted molar refractivity (Wildman–Crippen MR) is 46.7 cm³/mol. The van der Waals surface area contributed by atoms with Crippen molar-refractivity contribution in [2.45, 2.75) is 40.2 Å². The Morgan fingerprint density at radius 2 is 1.75 bits per heavy atom. The summed E-state index contributed by atoms with van der Waals surface area (Å²) in [7, 11) is 0. The average Bonchev–Trinajstić information content (AvgIpc) is 1.85. The molecule has 0 bridgehead atoms. The molecule has 0 atom stereocenters. The van der Waals surface area contributed by atoms with Crippen molar-refractivity contribution in [2.24, 2.45) is 5.41 Å². The van der Waals surface area contributed by atoms with Crippen LogP contribution in [0.2, 0.25) is 0 Å². The first kappa shape index (κ1) is 11.4. The molecule has 1 N–H and O–H groups in total. The monoisotopic (exact) mass is 174 g/mol. The summed E-state index contributed by atoms with van der Waals surface area (Å²) in [6.07, 6.45) is 0. The van der Waals surface area contributed by atoms with Crippen LogP contribution >= 0.6 is 0 Å². The number of hydrogen-bond donors (Lipinski definition) is 1. The fraction of sp³-hybridized carbons (Fsp3) is 0.889. The number of hydrogen-bond acceptors (Lipinski definition) is 3. The van der Waals surface area contributed by atoms with Gasteiger partial charge in [0.15, 0.2) is 0 Å². The zero-order chi connectivity index (χ0) is 9.99. The first-order valence-corrected chi connectivity index (χ1v) is 4.13. The Morgan fingerprint density at radius 1 is 1.33 bits per heavy atom. The van der Waals surface area contributed by atoms with Crippen molar-refractivity contribution in [2.75, 3.05) is 6.61 Å². The largest absolute Gasteiger partial charge is 0.465 e. The van der Waals surface area contributed by atoms with E-state index in [1.807, 2.05) is 0 Å². The molecule has 0 saturated carbocycles. The van der Waals surface area contributed by atoms with Crippen LogP contribution in [-0.4, -0.2) is 23.3 Å². The van der Waals surface area contributed by atoms with Gasteiger partial charge in [-0.1, -0.05) is 0 Å². The van der Waals surface area contributed by atoms with Gasteiger partial charge in [0.2, 0.25) is 0 Å². The molecule has 0 rings (SSSR count). The maximum absolute atomic E-state index is 11.3. The lowest BCUT2D eigenvalue weighted by molar-refractivity contribution is -0.167. The van der Waals surface area contributed by atoms with Crippen molar-refractivity contribution in [3.63, 3.8) is 0 Å². The van der Waals surface area contributed by atoms with E-state index in [1.165, 1.54) is 0 Å². The van der Waals surface area contributed by atoms with Crippen LogP contribution < -0.4 is 0 Å². The van der Waals surface area contributed by atoms with Gasteiger partial charge in [0, 0.05) is 0 Å². The van der Waals surface area contributed by atoms with Crippen LogP contribution in [-0.2, 0) is 9.53 Å². The van der Waals surface area contributed by atoms with Gasteiger partial charge in [-0.2, -0.15) is 0 Å². The summed E-state index contributed by atoms with van der Waals surface area (Å²) in [4.78, 5) is 11.3. The SMILES string of the molecule is CCOC(=O)C(C)(C)C(C)(C)O. The highest BCUT2D eigenvalue weighted by Gasteiger charge is 2.43. The normalized spacial score (nSPS) is 12.8. The summed E-state index contributed by atoms with van der Waals surface area (Å²) in [5.74, 6) is -0.363. The molecular weight excluding hydrogens is 156 g/mol. The lowest BCUT2D eigenvalue weighted by atomic mass is 9.77. The standard InChI is InChI=1S/C9H18O3/c1-6-12-7(10)8(2,3)9(4,5)11/h11H,6H2,1-5H3. The molecular formula is C9H18O3. The predicted octanol–water partition coefficient (Wildman–Crippen LogP) is 1.35. The fourth-order valence-corrected chi connectivity index (χ4v) is 0.561. The maximum atomic E-state index is 11.3. The molecule has 0 amide bonds. The summed E-state index contributed by atoms with van der Waals surface area (Å²) >= 11 is 0. The van der Waals surface area contributed by atoms with Gasteiger partial charge in [0.1, 0.15) is 0 Å². The van der Waals surface area contributed by atoms with E-state index in [1.54, 1.807) is 34.6 Å². The highest BCUT2D eigenvalue weighted by Crippen LogP contribution is 2.31. The summed E-state index contributed by atoms with van der Waals surface area (Å²) in [6, 6.07) is 0. The van der Waals surface area contributed by atoms with Gasteiger partial charge in [-0.05, 0) is 34.6 Å². The van der Waals surface area contributed by atoms with Gasteiger partial charge >= 0.3 is 5.97 Å².